The van der Waals surface area contributed by atoms with Crippen molar-refractivity contribution in [3.05, 3.63) is 82.2 Å². The summed E-state index contributed by atoms with van der Waals surface area (Å²) in [4.78, 5) is 22.7. The molecule has 0 aliphatic heterocycles. The van der Waals surface area contributed by atoms with Crippen LogP contribution in [0, 0.1) is 10.1 Å². The predicted octanol–water partition coefficient (Wildman–Crippen LogP) is 2.11. The maximum absolute atomic E-state index is 12.5. The minimum atomic E-state index is -0.703. The Morgan fingerprint density at radius 3 is 2.46 bits per heavy atom. The number of rotatable bonds is 7. The number of ether oxygens (including phenoxy) is 1. The van der Waals surface area contributed by atoms with Crippen LogP contribution in [0.25, 0.3) is 0 Å². The van der Waals surface area contributed by atoms with Crippen molar-refractivity contribution in [2.75, 3.05) is 0 Å². The summed E-state index contributed by atoms with van der Waals surface area (Å²) in [7, 11) is 0. The van der Waals surface area contributed by atoms with E-state index in [1.54, 1.807) is 12.1 Å². The Kier molecular flexibility index (Phi) is 5.28. The van der Waals surface area contributed by atoms with Crippen molar-refractivity contribution in [2.45, 2.75) is 19.1 Å². The van der Waals surface area contributed by atoms with Gasteiger partial charge in [-0.1, -0.05) is 30.3 Å². The third kappa shape index (κ3) is 4.26. The second-order valence-corrected chi connectivity index (χ2v) is 5.53. The van der Waals surface area contributed by atoms with Crippen LogP contribution in [0.2, 0.25) is 0 Å². The van der Waals surface area contributed by atoms with Crippen LogP contribution in [-0.4, -0.2) is 31.1 Å². The summed E-state index contributed by atoms with van der Waals surface area (Å²) >= 11 is 0. The fourth-order valence-electron chi connectivity index (χ4n) is 2.40. The van der Waals surface area contributed by atoms with Gasteiger partial charge < -0.3 is 4.74 Å². The van der Waals surface area contributed by atoms with E-state index in [9.17, 15) is 14.9 Å². The van der Waals surface area contributed by atoms with Gasteiger partial charge in [-0.3, -0.25) is 10.1 Å². The molecule has 1 atom stereocenters. The molecule has 0 radical (unpaired) electrons. The third-order valence-corrected chi connectivity index (χ3v) is 3.76. The quantitative estimate of drug-likeness (QED) is 0.363. The topological polar surface area (TPSA) is 113 Å². The Morgan fingerprint density at radius 1 is 1.12 bits per heavy atom. The van der Waals surface area contributed by atoms with E-state index in [-0.39, 0.29) is 12.3 Å². The molecule has 0 N–H and O–H groups in total. The second-order valence-electron chi connectivity index (χ2n) is 5.53. The summed E-state index contributed by atoms with van der Waals surface area (Å²) in [5.74, 6) is -0.487. The molecule has 3 rings (SSSR count). The Bertz CT molecular complexity index is 866. The Balaban J connectivity index is 1.68. The molecule has 0 unspecified atom stereocenters. The molecule has 26 heavy (non-hydrogen) atoms. The minimum absolute atomic E-state index is 0.00421. The van der Waals surface area contributed by atoms with Crippen LogP contribution in [0.5, 0.6) is 0 Å². The molecule has 1 aromatic heterocycles. The van der Waals surface area contributed by atoms with Crippen molar-refractivity contribution in [2.24, 2.45) is 0 Å². The largest absolute Gasteiger partial charge is 0.459 e. The first-order chi connectivity index (χ1) is 12.6. The number of aromatic nitrogens is 4. The molecule has 3 aromatic rings. The number of non-ortho nitro benzene ring substituents is 1. The number of carbonyl (C=O) groups excluding carboxylic acids is 1. The highest BCUT2D eigenvalue weighted by atomic mass is 16.6. The van der Waals surface area contributed by atoms with E-state index in [1.807, 2.05) is 30.3 Å². The molecule has 0 aliphatic carbocycles. The van der Waals surface area contributed by atoms with Gasteiger partial charge in [0.25, 0.3) is 5.69 Å². The number of nitrogens with zero attached hydrogens (tertiary/aromatic N) is 5. The maximum Gasteiger partial charge on any atom is 0.331 e. The molecule has 0 saturated carbocycles. The molecule has 0 spiro atoms. The summed E-state index contributed by atoms with van der Waals surface area (Å²) in [6.45, 7) is 0.00421. The average molecular weight is 353 g/mol. The summed E-state index contributed by atoms with van der Waals surface area (Å²) in [5.41, 5.74) is 1.58. The number of tetrazole rings is 1. The van der Waals surface area contributed by atoms with Gasteiger partial charge in [-0.15, -0.1) is 5.10 Å². The average Bonchev–Trinajstić information content (AvgIpc) is 3.19. The number of hydrogen-bond acceptors (Lipinski definition) is 7. The van der Waals surface area contributed by atoms with E-state index in [4.69, 9.17) is 4.74 Å². The van der Waals surface area contributed by atoms with Crippen LogP contribution in [0.1, 0.15) is 17.2 Å². The van der Waals surface area contributed by atoms with Crippen molar-refractivity contribution in [3.8, 4) is 0 Å². The Morgan fingerprint density at radius 2 is 1.85 bits per heavy atom. The van der Waals surface area contributed by atoms with Gasteiger partial charge in [-0.25, -0.2) is 9.48 Å². The van der Waals surface area contributed by atoms with E-state index >= 15 is 0 Å². The molecule has 0 fully saturated rings. The molecule has 0 bridgehead atoms. The van der Waals surface area contributed by atoms with Crippen LogP contribution in [0.15, 0.2) is 60.9 Å². The summed E-state index contributed by atoms with van der Waals surface area (Å²) in [5, 5.41) is 21.6. The van der Waals surface area contributed by atoms with E-state index in [1.165, 1.54) is 23.1 Å². The minimum Gasteiger partial charge on any atom is -0.459 e. The fraction of sp³-hybridized carbons (Fsp3) is 0.176. The smallest absolute Gasteiger partial charge is 0.331 e. The van der Waals surface area contributed by atoms with E-state index in [0.29, 0.717) is 12.0 Å². The summed E-state index contributed by atoms with van der Waals surface area (Å²) in [6.07, 6.45) is 1.74. The first kappa shape index (κ1) is 17.2. The maximum atomic E-state index is 12.5. The Hall–Kier alpha value is -3.62. The predicted molar refractivity (Wildman–Crippen MR) is 89.9 cm³/mol. The molecule has 0 amide bonds. The first-order valence-corrected chi connectivity index (χ1v) is 7.80. The van der Waals surface area contributed by atoms with Gasteiger partial charge in [-0.05, 0) is 33.7 Å². The molecule has 9 heteroatoms. The van der Waals surface area contributed by atoms with Gasteiger partial charge in [0, 0.05) is 18.6 Å². The van der Waals surface area contributed by atoms with Crippen molar-refractivity contribution >= 4 is 11.7 Å². The van der Waals surface area contributed by atoms with Crippen molar-refractivity contribution in [1.82, 2.24) is 20.2 Å². The lowest BCUT2D eigenvalue weighted by atomic mass is 10.1. The molecule has 0 saturated heterocycles. The number of carbonyl (C=O) groups is 1. The highest BCUT2D eigenvalue weighted by Gasteiger charge is 2.24. The zero-order valence-electron chi connectivity index (χ0n) is 13.6. The molecule has 132 valence electrons. The lowest BCUT2D eigenvalue weighted by Gasteiger charge is -2.15. The van der Waals surface area contributed by atoms with Gasteiger partial charge >= 0.3 is 5.97 Å². The molecular weight excluding hydrogens is 338 g/mol. The van der Waals surface area contributed by atoms with Crippen molar-refractivity contribution in [3.63, 3.8) is 0 Å². The first-order valence-electron chi connectivity index (χ1n) is 7.80. The van der Waals surface area contributed by atoms with Gasteiger partial charge in [-0.2, -0.15) is 0 Å². The molecule has 1 heterocycles. The van der Waals surface area contributed by atoms with Crippen LogP contribution >= 0.6 is 0 Å². The number of hydrogen-bond donors (Lipinski definition) is 0. The van der Waals surface area contributed by atoms with E-state index < -0.39 is 16.9 Å². The summed E-state index contributed by atoms with van der Waals surface area (Å²) in [6, 6.07) is 14.6. The molecular formula is C17H15N5O4. The molecule has 2 aromatic carbocycles. The number of nitro benzene ring substituents is 1. The lowest BCUT2D eigenvalue weighted by Crippen LogP contribution is -2.24. The summed E-state index contributed by atoms with van der Waals surface area (Å²) < 4.78 is 6.71. The Labute approximate surface area is 148 Å². The van der Waals surface area contributed by atoms with Crippen LogP contribution in [0.4, 0.5) is 5.69 Å². The van der Waals surface area contributed by atoms with Crippen LogP contribution in [-0.2, 0) is 22.6 Å². The highest BCUT2D eigenvalue weighted by molar-refractivity contribution is 5.74. The SMILES string of the molecule is O=C(OCc1ccc([N+](=O)[O-])cc1)[C@H](Cc1ccccc1)n1cnnn1. The normalized spacial score (nSPS) is 11.7. The zero-order valence-corrected chi connectivity index (χ0v) is 13.6. The standard InChI is InChI=1S/C17H15N5O4/c23-17(26-11-14-6-8-15(9-7-14)22(24)25)16(21-12-18-19-20-21)10-13-4-2-1-3-5-13/h1-9,12,16H,10-11H2/t16-/m0/s1. The fourth-order valence-corrected chi connectivity index (χ4v) is 2.40. The monoisotopic (exact) mass is 353 g/mol. The van der Waals surface area contributed by atoms with Crippen LogP contribution in [0.3, 0.4) is 0 Å². The molecule has 0 aliphatic rings. The number of benzene rings is 2. The number of esters is 1. The van der Waals surface area contributed by atoms with Crippen molar-refractivity contribution in [1.29, 1.82) is 0 Å². The van der Waals surface area contributed by atoms with E-state index in [2.05, 4.69) is 15.5 Å². The van der Waals surface area contributed by atoms with Crippen LogP contribution < -0.4 is 0 Å². The second kappa shape index (κ2) is 7.97. The molecule has 9 nitrogen and oxygen atoms in total. The number of nitro groups is 1. The van der Waals surface area contributed by atoms with Gasteiger partial charge in [0.2, 0.25) is 0 Å². The van der Waals surface area contributed by atoms with E-state index in [0.717, 1.165) is 5.56 Å². The van der Waals surface area contributed by atoms with Crippen molar-refractivity contribution < 1.29 is 14.5 Å². The zero-order chi connectivity index (χ0) is 18.4. The highest BCUT2D eigenvalue weighted by Crippen LogP contribution is 2.17. The van der Waals surface area contributed by atoms with Gasteiger partial charge in [0.15, 0.2) is 6.04 Å². The van der Waals surface area contributed by atoms with Gasteiger partial charge in [0.1, 0.15) is 12.9 Å². The lowest BCUT2D eigenvalue weighted by molar-refractivity contribution is -0.384. The van der Waals surface area contributed by atoms with Gasteiger partial charge in [0.05, 0.1) is 4.92 Å². The third-order valence-electron chi connectivity index (χ3n) is 3.76.